The third kappa shape index (κ3) is 3.22. The number of amides is 1. The number of methoxy groups -OCH3 is 1. The van der Waals surface area contributed by atoms with E-state index >= 15 is 0 Å². The average Bonchev–Trinajstić information content (AvgIpc) is 3.13. The zero-order valence-electron chi connectivity index (χ0n) is 11.6. The van der Waals surface area contributed by atoms with Crippen molar-refractivity contribution in [3.8, 4) is 5.75 Å². The molecule has 1 aromatic carbocycles. The van der Waals surface area contributed by atoms with Crippen LogP contribution >= 0.6 is 11.3 Å². The average molecular weight is 301 g/mol. The number of nitrogens with zero attached hydrogens (tertiary/aromatic N) is 1. The molecule has 0 fully saturated rings. The second kappa shape index (κ2) is 5.97. The molecule has 21 heavy (non-hydrogen) atoms. The van der Waals surface area contributed by atoms with Crippen LogP contribution in [0.25, 0.3) is 10.2 Å². The van der Waals surface area contributed by atoms with Crippen LogP contribution in [-0.2, 0) is 11.2 Å². The molecule has 108 valence electrons. The van der Waals surface area contributed by atoms with Gasteiger partial charge in [-0.25, -0.2) is 4.98 Å². The first kappa shape index (κ1) is 13.6. The van der Waals surface area contributed by atoms with Crippen LogP contribution in [0, 0.1) is 0 Å². The molecule has 0 saturated carbocycles. The fraction of sp³-hybridized carbons (Fsp3) is 0.200. The van der Waals surface area contributed by atoms with Crippen molar-refractivity contribution in [2.24, 2.45) is 0 Å². The molecule has 2 N–H and O–H groups in total. The molecule has 0 atom stereocenters. The number of thiazole rings is 1. The predicted octanol–water partition coefficient (Wildman–Crippen LogP) is 3.20. The normalized spacial score (nSPS) is 10.7. The molecule has 2 heterocycles. The standard InChI is InChI=1S/C15H15N3O2S/c1-20-11-5-6-12-13(9-11)21-15(17-12)18-14(19)7-4-10-3-2-8-16-10/h2-3,5-6,8-9,16H,4,7H2,1H3,(H,17,18,19). The highest BCUT2D eigenvalue weighted by atomic mass is 32.1. The van der Waals surface area contributed by atoms with Gasteiger partial charge in [0.2, 0.25) is 5.91 Å². The Hall–Kier alpha value is -2.34. The van der Waals surface area contributed by atoms with E-state index in [2.05, 4.69) is 15.3 Å². The van der Waals surface area contributed by atoms with Gasteiger partial charge in [0.15, 0.2) is 5.13 Å². The minimum Gasteiger partial charge on any atom is -0.497 e. The summed E-state index contributed by atoms with van der Waals surface area (Å²) in [7, 11) is 1.63. The van der Waals surface area contributed by atoms with Crippen molar-refractivity contribution in [1.29, 1.82) is 0 Å². The summed E-state index contributed by atoms with van der Waals surface area (Å²) in [4.78, 5) is 19.4. The number of carbonyl (C=O) groups is 1. The quantitative estimate of drug-likeness (QED) is 0.760. The van der Waals surface area contributed by atoms with Gasteiger partial charge >= 0.3 is 0 Å². The second-order valence-corrected chi connectivity index (χ2v) is 5.63. The Balaban J connectivity index is 1.65. The van der Waals surface area contributed by atoms with E-state index in [1.165, 1.54) is 11.3 Å². The molecule has 0 saturated heterocycles. The van der Waals surface area contributed by atoms with Gasteiger partial charge in [0, 0.05) is 18.3 Å². The van der Waals surface area contributed by atoms with E-state index in [9.17, 15) is 4.79 Å². The van der Waals surface area contributed by atoms with Crippen LogP contribution in [0.15, 0.2) is 36.5 Å². The highest BCUT2D eigenvalue weighted by Gasteiger charge is 2.09. The lowest BCUT2D eigenvalue weighted by molar-refractivity contribution is -0.116. The van der Waals surface area contributed by atoms with Crippen LogP contribution in [0.4, 0.5) is 5.13 Å². The van der Waals surface area contributed by atoms with Crippen molar-refractivity contribution in [3.63, 3.8) is 0 Å². The van der Waals surface area contributed by atoms with Crippen LogP contribution in [0.2, 0.25) is 0 Å². The van der Waals surface area contributed by atoms with Crippen molar-refractivity contribution < 1.29 is 9.53 Å². The van der Waals surface area contributed by atoms with E-state index in [4.69, 9.17) is 4.74 Å². The van der Waals surface area contributed by atoms with Gasteiger partial charge in [-0.05, 0) is 36.8 Å². The molecular formula is C15H15N3O2S. The number of aryl methyl sites for hydroxylation is 1. The van der Waals surface area contributed by atoms with Gasteiger partial charge in [0.1, 0.15) is 5.75 Å². The molecule has 0 aliphatic rings. The Labute approximate surface area is 126 Å². The smallest absolute Gasteiger partial charge is 0.226 e. The molecule has 0 aliphatic heterocycles. The maximum absolute atomic E-state index is 11.9. The zero-order chi connectivity index (χ0) is 14.7. The first-order valence-corrected chi connectivity index (χ1v) is 7.43. The number of hydrogen-bond donors (Lipinski definition) is 2. The van der Waals surface area contributed by atoms with Gasteiger partial charge in [-0.3, -0.25) is 4.79 Å². The molecule has 1 amide bonds. The van der Waals surface area contributed by atoms with Crippen LogP contribution in [0.1, 0.15) is 12.1 Å². The first-order chi connectivity index (χ1) is 10.2. The third-order valence-corrected chi connectivity index (χ3v) is 4.06. The van der Waals surface area contributed by atoms with E-state index in [0.717, 1.165) is 21.7 Å². The number of fused-ring (bicyclic) bond motifs is 1. The minimum atomic E-state index is -0.0318. The number of H-pyrrole nitrogens is 1. The summed E-state index contributed by atoms with van der Waals surface area (Å²) in [6, 6.07) is 9.56. The lowest BCUT2D eigenvalue weighted by Crippen LogP contribution is -2.12. The van der Waals surface area contributed by atoms with Gasteiger partial charge < -0.3 is 15.0 Å². The maximum Gasteiger partial charge on any atom is 0.226 e. The Morgan fingerprint density at radius 2 is 2.33 bits per heavy atom. The fourth-order valence-electron chi connectivity index (χ4n) is 2.04. The Morgan fingerprint density at radius 1 is 1.43 bits per heavy atom. The lowest BCUT2D eigenvalue weighted by Gasteiger charge is -2.00. The Kier molecular flexibility index (Phi) is 3.87. The summed E-state index contributed by atoms with van der Waals surface area (Å²) in [5.74, 6) is 0.756. The summed E-state index contributed by atoms with van der Waals surface area (Å²) in [5, 5.41) is 3.47. The van der Waals surface area contributed by atoms with Crippen molar-refractivity contribution in [2.45, 2.75) is 12.8 Å². The number of aromatic nitrogens is 2. The minimum absolute atomic E-state index is 0.0318. The van der Waals surface area contributed by atoms with E-state index in [-0.39, 0.29) is 5.91 Å². The Morgan fingerprint density at radius 3 is 3.10 bits per heavy atom. The van der Waals surface area contributed by atoms with Gasteiger partial charge in [-0.1, -0.05) is 11.3 Å². The second-order valence-electron chi connectivity index (χ2n) is 4.60. The first-order valence-electron chi connectivity index (χ1n) is 6.61. The van der Waals surface area contributed by atoms with Gasteiger partial charge in [0.25, 0.3) is 0 Å². The van der Waals surface area contributed by atoms with E-state index in [1.807, 2.05) is 36.5 Å². The monoisotopic (exact) mass is 301 g/mol. The van der Waals surface area contributed by atoms with Crippen LogP contribution in [0.5, 0.6) is 5.75 Å². The summed E-state index contributed by atoms with van der Waals surface area (Å²) < 4.78 is 6.18. The fourth-order valence-corrected chi connectivity index (χ4v) is 2.95. The molecule has 0 radical (unpaired) electrons. The van der Waals surface area contributed by atoms with Crippen LogP contribution < -0.4 is 10.1 Å². The SMILES string of the molecule is COc1ccc2nc(NC(=O)CCc3ccc[nH]3)sc2c1. The molecule has 3 aromatic rings. The summed E-state index contributed by atoms with van der Waals surface area (Å²) in [6.07, 6.45) is 2.98. The number of hydrogen-bond acceptors (Lipinski definition) is 4. The van der Waals surface area contributed by atoms with Crippen molar-refractivity contribution >= 4 is 32.6 Å². The number of anilines is 1. The number of rotatable bonds is 5. The Bertz CT molecular complexity index is 749. The highest BCUT2D eigenvalue weighted by Crippen LogP contribution is 2.29. The van der Waals surface area contributed by atoms with Crippen molar-refractivity contribution in [1.82, 2.24) is 9.97 Å². The summed E-state index contributed by atoms with van der Waals surface area (Å²) >= 11 is 1.45. The maximum atomic E-state index is 11.9. The largest absolute Gasteiger partial charge is 0.497 e. The highest BCUT2D eigenvalue weighted by molar-refractivity contribution is 7.22. The molecular weight excluding hydrogens is 286 g/mol. The third-order valence-electron chi connectivity index (χ3n) is 3.13. The predicted molar refractivity (Wildman–Crippen MR) is 83.9 cm³/mol. The number of aromatic amines is 1. The topological polar surface area (TPSA) is 67.0 Å². The van der Waals surface area contributed by atoms with E-state index < -0.39 is 0 Å². The lowest BCUT2D eigenvalue weighted by atomic mass is 10.2. The van der Waals surface area contributed by atoms with E-state index in [1.54, 1.807) is 7.11 Å². The summed E-state index contributed by atoms with van der Waals surface area (Å²) in [6.45, 7) is 0. The zero-order valence-corrected chi connectivity index (χ0v) is 12.4. The van der Waals surface area contributed by atoms with Crippen LogP contribution in [0.3, 0.4) is 0 Å². The number of nitrogens with one attached hydrogen (secondary N) is 2. The van der Waals surface area contributed by atoms with Gasteiger partial charge in [-0.2, -0.15) is 0 Å². The molecule has 6 heteroatoms. The molecule has 0 bridgehead atoms. The molecule has 0 spiro atoms. The molecule has 0 unspecified atom stereocenters. The molecule has 0 aliphatic carbocycles. The molecule has 3 rings (SSSR count). The van der Waals surface area contributed by atoms with Crippen molar-refractivity contribution in [2.75, 3.05) is 12.4 Å². The van der Waals surface area contributed by atoms with Gasteiger partial charge in [0.05, 0.1) is 17.3 Å². The number of benzene rings is 1. The van der Waals surface area contributed by atoms with Crippen LogP contribution in [-0.4, -0.2) is 23.0 Å². The van der Waals surface area contributed by atoms with E-state index in [0.29, 0.717) is 18.0 Å². The molecule has 5 nitrogen and oxygen atoms in total. The number of ether oxygens (including phenoxy) is 1. The molecule has 2 aromatic heterocycles. The number of carbonyl (C=O) groups excluding carboxylic acids is 1. The van der Waals surface area contributed by atoms with Gasteiger partial charge in [-0.15, -0.1) is 0 Å². The van der Waals surface area contributed by atoms with Crippen molar-refractivity contribution in [3.05, 3.63) is 42.2 Å². The summed E-state index contributed by atoms with van der Waals surface area (Å²) in [5.41, 5.74) is 1.92.